The predicted molar refractivity (Wildman–Crippen MR) is 132 cm³/mol. The molecule has 1 atom stereocenters. The maximum Gasteiger partial charge on any atom is 0.252 e. The summed E-state index contributed by atoms with van der Waals surface area (Å²) in [7, 11) is -4.29. The average Bonchev–Trinajstić information content (AvgIpc) is 3.41. The molecule has 0 radical (unpaired) electrons. The Morgan fingerprint density at radius 1 is 0.971 bits per heavy atom. The van der Waals surface area contributed by atoms with Gasteiger partial charge in [-0.15, -0.1) is 0 Å². The number of carbonyl (C=O) groups is 2. The van der Waals surface area contributed by atoms with Gasteiger partial charge >= 0.3 is 0 Å². The fourth-order valence-electron chi connectivity index (χ4n) is 4.03. The molecule has 0 N–H and O–H groups in total. The molecule has 0 saturated carbocycles. The highest BCUT2D eigenvalue weighted by Crippen LogP contribution is 2.35. The minimum atomic E-state index is -4.29. The highest BCUT2D eigenvalue weighted by atomic mass is 127. The van der Waals surface area contributed by atoms with Crippen LogP contribution in [-0.4, -0.2) is 37.4 Å². The molecule has 1 saturated heterocycles. The molecule has 35 heavy (non-hydrogen) atoms. The zero-order valence-corrected chi connectivity index (χ0v) is 21.0. The highest BCUT2D eigenvalue weighted by molar-refractivity contribution is 14.1. The molecule has 8 nitrogen and oxygen atoms in total. The van der Waals surface area contributed by atoms with Gasteiger partial charge in [0.05, 0.1) is 17.0 Å². The molecule has 11 heteroatoms. The third-order valence-corrected chi connectivity index (χ3v) is 8.34. The highest BCUT2D eigenvalue weighted by Gasteiger charge is 2.47. The Morgan fingerprint density at radius 2 is 1.66 bits per heavy atom. The van der Waals surface area contributed by atoms with E-state index in [1.807, 2.05) is 0 Å². The van der Waals surface area contributed by atoms with Crippen molar-refractivity contribution in [3.8, 4) is 11.5 Å². The molecule has 0 bridgehead atoms. The van der Waals surface area contributed by atoms with Gasteiger partial charge in [0.1, 0.15) is 11.9 Å². The number of amides is 2. The van der Waals surface area contributed by atoms with Crippen molar-refractivity contribution in [3.63, 3.8) is 0 Å². The summed E-state index contributed by atoms with van der Waals surface area (Å²) in [6, 6.07) is 14.8. The number of anilines is 1. The lowest BCUT2D eigenvalue weighted by Crippen LogP contribution is -2.45. The molecule has 180 valence electrons. The van der Waals surface area contributed by atoms with Gasteiger partial charge in [0.25, 0.3) is 5.91 Å². The Hall–Kier alpha value is -3.03. The fourth-order valence-corrected chi connectivity index (χ4v) is 5.96. The van der Waals surface area contributed by atoms with Crippen LogP contribution >= 0.6 is 22.6 Å². The number of imide groups is 1. The van der Waals surface area contributed by atoms with Crippen LogP contribution < -0.4 is 14.4 Å². The van der Waals surface area contributed by atoms with Crippen molar-refractivity contribution >= 4 is 50.1 Å². The van der Waals surface area contributed by atoms with Crippen molar-refractivity contribution in [1.29, 1.82) is 0 Å². The van der Waals surface area contributed by atoms with Crippen molar-refractivity contribution in [3.05, 3.63) is 81.7 Å². The molecule has 2 aliphatic rings. The molecule has 5 rings (SSSR count). The predicted octanol–water partition coefficient (Wildman–Crippen LogP) is 3.68. The van der Waals surface area contributed by atoms with Crippen LogP contribution in [0.4, 0.5) is 10.1 Å². The number of nitrogens with zero attached hydrogens (tertiary/aromatic N) is 2. The molecule has 3 aromatic carbocycles. The lowest BCUT2D eigenvalue weighted by atomic mass is 10.1. The van der Waals surface area contributed by atoms with Gasteiger partial charge in [0.15, 0.2) is 11.5 Å². The van der Waals surface area contributed by atoms with Gasteiger partial charge in [-0.3, -0.25) is 9.59 Å². The molecular formula is C24H18FIN2O6S. The van der Waals surface area contributed by atoms with E-state index in [-0.39, 0.29) is 24.7 Å². The number of sulfonamides is 1. The van der Waals surface area contributed by atoms with Crippen LogP contribution in [0.2, 0.25) is 0 Å². The quantitative estimate of drug-likeness (QED) is 0.313. The van der Waals surface area contributed by atoms with Gasteiger partial charge in [-0.05, 0) is 88.8 Å². The summed E-state index contributed by atoms with van der Waals surface area (Å²) >= 11 is 2.11. The van der Waals surface area contributed by atoms with E-state index in [4.69, 9.17) is 9.47 Å². The summed E-state index contributed by atoms with van der Waals surface area (Å²) in [6.45, 7) is -0.155. The Labute approximate surface area is 214 Å². The summed E-state index contributed by atoms with van der Waals surface area (Å²) in [5.74, 6) is -0.771. The van der Waals surface area contributed by atoms with Gasteiger partial charge < -0.3 is 9.47 Å². The maximum atomic E-state index is 13.7. The van der Waals surface area contributed by atoms with E-state index in [1.165, 1.54) is 0 Å². The number of halogens is 2. The molecule has 0 aromatic heterocycles. The van der Waals surface area contributed by atoms with Crippen molar-refractivity contribution in [2.24, 2.45) is 0 Å². The molecule has 1 unspecified atom stereocenters. The van der Waals surface area contributed by atoms with Crippen molar-refractivity contribution < 1.29 is 31.9 Å². The molecule has 0 spiro atoms. The van der Waals surface area contributed by atoms with E-state index in [1.54, 1.807) is 42.5 Å². The molecule has 1 fully saturated rings. The third-order valence-electron chi connectivity index (χ3n) is 5.75. The van der Waals surface area contributed by atoms with Gasteiger partial charge in [0, 0.05) is 10.1 Å². The van der Waals surface area contributed by atoms with Crippen LogP contribution in [-0.2, 0) is 26.2 Å². The molecule has 2 amide bonds. The topological polar surface area (TPSA) is 93.2 Å². The normalized spacial score (nSPS) is 17.5. The zero-order valence-electron chi connectivity index (χ0n) is 18.1. The number of hydrogen-bond acceptors (Lipinski definition) is 6. The number of fused-ring (bicyclic) bond motifs is 1. The van der Waals surface area contributed by atoms with Crippen LogP contribution in [0, 0.1) is 9.39 Å². The summed E-state index contributed by atoms with van der Waals surface area (Å²) in [4.78, 5) is 27.2. The van der Waals surface area contributed by atoms with Crippen LogP contribution in [0.5, 0.6) is 11.5 Å². The van der Waals surface area contributed by atoms with Crippen LogP contribution in [0.25, 0.3) is 0 Å². The summed E-state index contributed by atoms with van der Waals surface area (Å²) in [6.07, 6.45) is -0.324. The lowest BCUT2D eigenvalue weighted by Gasteiger charge is -2.27. The second-order valence-electron chi connectivity index (χ2n) is 7.96. The maximum absolute atomic E-state index is 13.7. The second kappa shape index (κ2) is 9.21. The van der Waals surface area contributed by atoms with E-state index in [2.05, 4.69) is 22.6 Å². The van der Waals surface area contributed by atoms with Crippen LogP contribution in [0.15, 0.2) is 71.6 Å². The lowest BCUT2D eigenvalue weighted by molar-refractivity contribution is -0.122. The van der Waals surface area contributed by atoms with E-state index in [9.17, 15) is 22.4 Å². The average molecular weight is 608 g/mol. The van der Waals surface area contributed by atoms with Crippen molar-refractivity contribution in [2.45, 2.75) is 23.9 Å². The summed E-state index contributed by atoms with van der Waals surface area (Å²) in [5, 5.41) is 0. The molecule has 0 aliphatic carbocycles. The Bertz CT molecular complexity index is 1410. The Kier molecular flexibility index (Phi) is 6.23. The Balaban J connectivity index is 1.54. The monoisotopic (exact) mass is 608 g/mol. The van der Waals surface area contributed by atoms with E-state index in [0.717, 1.165) is 37.0 Å². The molecule has 2 heterocycles. The first-order valence-electron chi connectivity index (χ1n) is 10.5. The number of carbonyl (C=O) groups excluding carboxylic acids is 2. The second-order valence-corrected chi connectivity index (χ2v) is 11.1. The van der Waals surface area contributed by atoms with Gasteiger partial charge in [0.2, 0.25) is 22.7 Å². The van der Waals surface area contributed by atoms with Gasteiger partial charge in [-0.2, -0.15) is 4.31 Å². The summed E-state index contributed by atoms with van der Waals surface area (Å²) in [5.41, 5.74) is 0.901. The zero-order chi connectivity index (χ0) is 24.7. The van der Waals surface area contributed by atoms with Gasteiger partial charge in [-0.1, -0.05) is 6.07 Å². The van der Waals surface area contributed by atoms with Crippen molar-refractivity contribution in [1.82, 2.24) is 4.31 Å². The molecular weight excluding hydrogens is 590 g/mol. The van der Waals surface area contributed by atoms with Crippen LogP contribution in [0.3, 0.4) is 0 Å². The fraction of sp³-hybridized carbons (Fsp3) is 0.167. The molecule has 2 aliphatic heterocycles. The van der Waals surface area contributed by atoms with Crippen LogP contribution in [0.1, 0.15) is 12.0 Å². The standard InChI is InChI=1S/C24H18FIN2O6S/c25-16-2-8-19(9-3-16)35(31,32)27(13-15-1-10-21-22(11-15)34-14-33-21)20-12-23(29)28(24(20)30)18-6-4-17(26)5-7-18/h1-11,20H,12-14H2. The summed E-state index contributed by atoms with van der Waals surface area (Å²) < 4.78 is 53.5. The number of ether oxygens (including phenoxy) is 2. The van der Waals surface area contributed by atoms with E-state index < -0.39 is 33.7 Å². The minimum Gasteiger partial charge on any atom is -0.454 e. The number of rotatable bonds is 6. The first-order valence-corrected chi connectivity index (χ1v) is 13.0. The van der Waals surface area contributed by atoms with Gasteiger partial charge in [-0.25, -0.2) is 17.7 Å². The molecule has 3 aromatic rings. The first kappa shape index (κ1) is 23.7. The Morgan fingerprint density at radius 3 is 2.37 bits per heavy atom. The number of benzene rings is 3. The first-order chi connectivity index (χ1) is 16.7. The largest absolute Gasteiger partial charge is 0.454 e. The smallest absolute Gasteiger partial charge is 0.252 e. The van der Waals surface area contributed by atoms with E-state index in [0.29, 0.717) is 22.7 Å². The minimum absolute atomic E-state index is 0.0525. The van der Waals surface area contributed by atoms with Crippen molar-refractivity contribution in [2.75, 3.05) is 11.7 Å². The number of hydrogen-bond donors (Lipinski definition) is 0. The van der Waals surface area contributed by atoms with E-state index >= 15 is 0 Å². The third kappa shape index (κ3) is 4.50. The SMILES string of the molecule is O=C1CC(N(Cc2ccc3c(c2)OCO3)S(=O)(=O)c2ccc(F)cc2)C(=O)N1c1ccc(I)cc1.